The zero-order valence-electron chi connectivity index (χ0n) is 11.7. The number of benzene rings is 1. The van der Waals surface area contributed by atoms with Gasteiger partial charge in [0.1, 0.15) is 5.82 Å². The highest BCUT2D eigenvalue weighted by molar-refractivity contribution is 7.89. The Morgan fingerprint density at radius 2 is 2.24 bits per heavy atom. The minimum Gasteiger partial charge on any atom is -0.394 e. The maximum Gasteiger partial charge on any atom is 0.243 e. The van der Waals surface area contributed by atoms with E-state index in [-0.39, 0.29) is 36.8 Å². The third-order valence-electron chi connectivity index (χ3n) is 3.52. The van der Waals surface area contributed by atoms with Gasteiger partial charge in [-0.15, -0.1) is 0 Å². The maximum atomic E-state index is 13.8. The number of aliphatic hydroxyl groups excluding tert-OH is 1. The molecule has 0 radical (unpaired) electrons. The van der Waals surface area contributed by atoms with Crippen LogP contribution in [0.2, 0.25) is 0 Å². The molecule has 0 bridgehead atoms. The smallest absolute Gasteiger partial charge is 0.243 e. The topological polar surface area (TPSA) is 92.9 Å². The van der Waals surface area contributed by atoms with E-state index in [4.69, 9.17) is 15.6 Å². The molecule has 3 N–H and O–H groups in total. The summed E-state index contributed by atoms with van der Waals surface area (Å²) in [6, 6.07) is 3.47. The van der Waals surface area contributed by atoms with E-state index in [9.17, 15) is 12.8 Å². The van der Waals surface area contributed by atoms with Crippen molar-refractivity contribution in [3.8, 4) is 0 Å². The van der Waals surface area contributed by atoms with Crippen LogP contribution < -0.4 is 5.73 Å². The molecule has 2 atom stereocenters. The molecule has 2 unspecified atom stereocenters. The second-order valence-electron chi connectivity index (χ2n) is 4.98. The highest BCUT2D eigenvalue weighted by atomic mass is 32.2. The Kier molecular flexibility index (Phi) is 4.95. The van der Waals surface area contributed by atoms with E-state index < -0.39 is 28.0 Å². The average molecular weight is 318 g/mol. The van der Waals surface area contributed by atoms with Crippen molar-refractivity contribution in [1.29, 1.82) is 0 Å². The average Bonchev–Trinajstić information content (AvgIpc) is 2.47. The summed E-state index contributed by atoms with van der Waals surface area (Å²) in [7, 11) is -3.90. The van der Waals surface area contributed by atoms with Crippen molar-refractivity contribution in [3.05, 3.63) is 29.6 Å². The lowest BCUT2D eigenvalue weighted by Crippen LogP contribution is -2.52. The van der Waals surface area contributed by atoms with Gasteiger partial charge in [-0.1, -0.05) is 6.07 Å². The number of morpholine rings is 1. The predicted molar refractivity (Wildman–Crippen MR) is 74.5 cm³/mol. The number of hydrogen-bond donors (Lipinski definition) is 2. The van der Waals surface area contributed by atoms with Gasteiger partial charge in [-0.25, -0.2) is 12.8 Å². The summed E-state index contributed by atoms with van der Waals surface area (Å²) >= 11 is 0. The lowest BCUT2D eigenvalue weighted by atomic mass is 10.2. The van der Waals surface area contributed by atoms with Gasteiger partial charge in [0.2, 0.25) is 10.0 Å². The SMILES string of the molecule is CC1COC(CO)CN1S(=O)(=O)c1cccc(F)c1CN. The van der Waals surface area contributed by atoms with Crippen molar-refractivity contribution in [3.63, 3.8) is 0 Å². The molecule has 8 heteroatoms. The maximum absolute atomic E-state index is 13.8. The molecule has 0 aliphatic carbocycles. The second-order valence-corrected chi connectivity index (χ2v) is 6.84. The van der Waals surface area contributed by atoms with Crippen LogP contribution in [-0.2, 0) is 21.3 Å². The van der Waals surface area contributed by atoms with Gasteiger partial charge in [0.25, 0.3) is 0 Å². The van der Waals surface area contributed by atoms with Crippen LogP contribution >= 0.6 is 0 Å². The lowest BCUT2D eigenvalue weighted by molar-refractivity contribution is -0.0516. The fourth-order valence-corrected chi connectivity index (χ4v) is 4.23. The van der Waals surface area contributed by atoms with Crippen molar-refractivity contribution >= 4 is 10.0 Å². The Bertz CT molecular complexity index is 608. The summed E-state index contributed by atoms with van der Waals surface area (Å²) in [5.41, 5.74) is 5.45. The Morgan fingerprint density at radius 3 is 2.86 bits per heavy atom. The highest BCUT2D eigenvalue weighted by Crippen LogP contribution is 2.26. The minimum absolute atomic E-state index is 0.0283. The van der Waals surface area contributed by atoms with Gasteiger partial charge in [-0.3, -0.25) is 0 Å². The lowest BCUT2D eigenvalue weighted by Gasteiger charge is -2.36. The molecule has 118 valence electrons. The molecule has 0 saturated carbocycles. The van der Waals surface area contributed by atoms with E-state index in [2.05, 4.69) is 0 Å². The quantitative estimate of drug-likeness (QED) is 0.818. The molecule has 0 spiro atoms. The predicted octanol–water partition coefficient (Wildman–Crippen LogP) is 0.0547. The minimum atomic E-state index is -3.90. The summed E-state index contributed by atoms with van der Waals surface area (Å²) in [5, 5.41) is 9.15. The van der Waals surface area contributed by atoms with Crippen molar-refractivity contribution in [2.24, 2.45) is 5.73 Å². The fourth-order valence-electron chi connectivity index (χ4n) is 2.34. The van der Waals surface area contributed by atoms with Gasteiger partial charge in [0.05, 0.1) is 24.2 Å². The normalized spacial score (nSPS) is 24.2. The number of rotatable bonds is 4. The number of nitrogens with zero attached hydrogens (tertiary/aromatic N) is 1. The molecule has 6 nitrogen and oxygen atoms in total. The number of halogens is 1. The first-order chi connectivity index (χ1) is 9.91. The molecule has 2 rings (SSSR count). The van der Waals surface area contributed by atoms with Crippen LogP contribution in [0, 0.1) is 5.82 Å². The third kappa shape index (κ3) is 3.09. The van der Waals surface area contributed by atoms with Crippen molar-refractivity contribution < 1.29 is 22.7 Å². The Morgan fingerprint density at radius 1 is 1.52 bits per heavy atom. The number of sulfonamides is 1. The molecule has 0 aromatic heterocycles. The van der Waals surface area contributed by atoms with E-state index in [1.165, 1.54) is 22.5 Å². The molecule has 1 aromatic carbocycles. The van der Waals surface area contributed by atoms with E-state index in [1.807, 2.05) is 0 Å². The van der Waals surface area contributed by atoms with E-state index in [0.717, 1.165) is 0 Å². The van der Waals surface area contributed by atoms with Crippen LogP contribution in [0.25, 0.3) is 0 Å². The second kappa shape index (κ2) is 6.37. The van der Waals surface area contributed by atoms with E-state index in [1.54, 1.807) is 6.92 Å². The molecule has 21 heavy (non-hydrogen) atoms. The summed E-state index contributed by atoms with van der Waals surface area (Å²) in [4.78, 5) is -0.129. The Labute approximate surface area is 123 Å². The Hall–Kier alpha value is -1.06. The molecular weight excluding hydrogens is 299 g/mol. The first kappa shape index (κ1) is 16.3. The molecule has 1 aliphatic heterocycles. The van der Waals surface area contributed by atoms with Crippen LogP contribution in [0.1, 0.15) is 12.5 Å². The zero-order valence-corrected chi connectivity index (χ0v) is 12.5. The van der Waals surface area contributed by atoms with Crippen LogP contribution in [0.15, 0.2) is 23.1 Å². The van der Waals surface area contributed by atoms with Gasteiger partial charge in [0, 0.05) is 24.7 Å². The monoisotopic (exact) mass is 318 g/mol. The molecule has 1 fully saturated rings. The summed E-state index contributed by atoms with van der Waals surface area (Å²) in [5.74, 6) is -0.641. The van der Waals surface area contributed by atoms with E-state index in [0.29, 0.717) is 0 Å². The first-order valence-electron chi connectivity index (χ1n) is 6.63. The van der Waals surface area contributed by atoms with Crippen LogP contribution in [0.4, 0.5) is 4.39 Å². The van der Waals surface area contributed by atoms with Gasteiger partial charge in [-0.05, 0) is 19.1 Å². The standard InChI is InChI=1S/C13H19FN2O4S/c1-9-8-20-10(7-17)6-16(9)21(18,19)13-4-2-3-12(14)11(13)5-15/h2-4,9-10,17H,5-8,15H2,1H3. The van der Waals surface area contributed by atoms with Gasteiger partial charge in [0.15, 0.2) is 0 Å². The van der Waals surface area contributed by atoms with Crippen molar-refractivity contribution in [2.75, 3.05) is 19.8 Å². The molecular formula is C13H19FN2O4S. The summed E-state index contributed by atoms with van der Waals surface area (Å²) in [6.45, 7) is 1.43. The largest absolute Gasteiger partial charge is 0.394 e. The molecule has 0 amide bonds. The van der Waals surface area contributed by atoms with E-state index >= 15 is 0 Å². The molecule has 1 heterocycles. The van der Waals surface area contributed by atoms with Crippen LogP contribution in [0.3, 0.4) is 0 Å². The number of hydrogen-bond acceptors (Lipinski definition) is 5. The van der Waals surface area contributed by atoms with Crippen molar-refractivity contribution in [2.45, 2.75) is 30.5 Å². The summed E-state index contributed by atoms with van der Waals surface area (Å²) < 4.78 is 45.8. The molecule has 1 saturated heterocycles. The van der Waals surface area contributed by atoms with Crippen LogP contribution in [0.5, 0.6) is 0 Å². The Balaban J connectivity index is 2.44. The number of aliphatic hydroxyl groups is 1. The number of nitrogens with two attached hydrogens (primary N) is 1. The third-order valence-corrected chi connectivity index (χ3v) is 5.58. The first-order valence-corrected chi connectivity index (χ1v) is 8.07. The van der Waals surface area contributed by atoms with Gasteiger partial charge in [-0.2, -0.15) is 4.31 Å². The molecule has 1 aromatic rings. The number of ether oxygens (including phenoxy) is 1. The zero-order chi connectivity index (χ0) is 15.6. The summed E-state index contributed by atoms with van der Waals surface area (Å²) in [6.07, 6.45) is -0.578. The highest BCUT2D eigenvalue weighted by Gasteiger charge is 2.36. The fraction of sp³-hybridized carbons (Fsp3) is 0.538. The van der Waals surface area contributed by atoms with Gasteiger partial charge < -0.3 is 15.6 Å². The van der Waals surface area contributed by atoms with Crippen molar-refractivity contribution in [1.82, 2.24) is 4.31 Å². The van der Waals surface area contributed by atoms with Crippen LogP contribution in [-0.4, -0.2) is 49.7 Å². The molecule has 1 aliphatic rings. The van der Waals surface area contributed by atoms with Gasteiger partial charge >= 0.3 is 0 Å².